The van der Waals surface area contributed by atoms with Gasteiger partial charge in [0.1, 0.15) is 0 Å². The lowest BCUT2D eigenvalue weighted by Gasteiger charge is -2.17. The van der Waals surface area contributed by atoms with E-state index in [-0.39, 0.29) is 12.5 Å². The van der Waals surface area contributed by atoms with Crippen LogP contribution in [0.15, 0.2) is 48.5 Å². The van der Waals surface area contributed by atoms with Gasteiger partial charge < -0.3 is 21.9 Å². The highest BCUT2D eigenvalue weighted by Crippen LogP contribution is 2.16. The predicted molar refractivity (Wildman–Crippen MR) is 79.0 cm³/mol. The van der Waals surface area contributed by atoms with Crippen molar-refractivity contribution in [3.8, 4) is 0 Å². The van der Waals surface area contributed by atoms with Gasteiger partial charge in [-0.05, 0) is 23.8 Å². The smallest absolute Gasteiger partial charge is 0.251 e. The molecule has 1 amide bonds. The molecular formula is C15H17N3O2. The molecule has 0 bridgehead atoms. The highest BCUT2D eigenvalue weighted by Gasteiger charge is 2.15. The fraction of sp³-hybridized carbons (Fsp3) is 0.133. The third kappa shape index (κ3) is 3.27. The third-order valence-electron chi connectivity index (χ3n) is 2.93. The minimum absolute atomic E-state index is 0.187. The zero-order chi connectivity index (χ0) is 14.5. The number of nitrogens with one attached hydrogen (secondary N) is 1. The van der Waals surface area contributed by atoms with Crippen molar-refractivity contribution < 1.29 is 9.90 Å². The first-order chi connectivity index (χ1) is 9.60. The second-order valence-electron chi connectivity index (χ2n) is 4.51. The van der Waals surface area contributed by atoms with Crippen molar-refractivity contribution >= 4 is 17.3 Å². The van der Waals surface area contributed by atoms with Gasteiger partial charge in [0.05, 0.1) is 12.6 Å². The molecule has 2 aromatic carbocycles. The van der Waals surface area contributed by atoms with Crippen LogP contribution in [0.5, 0.6) is 0 Å². The lowest BCUT2D eigenvalue weighted by atomic mass is 10.1. The van der Waals surface area contributed by atoms with E-state index in [4.69, 9.17) is 11.5 Å². The van der Waals surface area contributed by atoms with Crippen molar-refractivity contribution in [2.45, 2.75) is 6.04 Å². The van der Waals surface area contributed by atoms with Crippen LogP contribution >= 0.6 is 0 Å². The van der Waals surface area contributed by atoms with E-state index in [0.29, 0.717) is 16.9 Å². The fourth-order valence-corrected chi connectivity index (χ4v) is 1.97. The Hall–Kier alpha value is -2.53. The molecule has 104 valence electrons. The molecule has 6 N–H and O–H groups in total. The third-order valence-corrected chi connectivity index (χ3v) is 2.93. The maximum atomic E-state index is 12.2. The molecule has 5 heteroatoms. The second kappa shape index (κ2) is 6.08. The Bertz CT molecular complexity index is 579. The zero-order valence-corrected chi connectivity index (χ0v) is 10.9. The molecule has 20 heavy (non-hydrogen) atoms. The minimum atomic E-state index is -0.466. The molecule has 0 radical (unpaired) electrons. The van der Waals surface area contributed by atoms with Gasteiger partial charge in [0.25, 0.3) is 5.91 Å². The molecule has 2 rings (SSSR count). The second-order valence-corrected chi connectivity index (χ2v) is 4.51. The van der Waals surface area contributed by atoms with Crippen LogP contribution in [0.25, 0.3) is 0 Å². The summed E-state index contributed by atoms with van der Waals surface area (Å²) in [5, 5.41) is 12.2. The van der Waals surface area contributed by atoms with Crippen molar-refractivity contribution in [1.82, 2.24) is 5.32 Å². The van der Waals surface area contributed by atoms with Gasteiger partial charge in [-0.1, -0.05) is 30.3 Å². The largest absolute Gasteiger partial charge is 0.399 e. The normalized spacial score (nSPS) is 11.8. The van der Waals surface area contributed by atoms with Gasteiger partial charge in [0.15, 0.2) is 0 Å². The molecular weight excluding hydrogens is 254 g/mol. The predicted octanol–water partition coefficient (Wildman–Crippen LogP) is 1.31. The maximum Gasteiger partial charge on any atom is 0.251 e. The molecule has 0 saturated carbocycles. The van der Waals surface area contributed by atoms with Gasteiger partial charge in [-0.15, -0.1) is 0 Å². The van der Waals surface area contributed by atoms with E-state index in [0.717, 1.165) is 5.56 Å². The number of hydrogen-bond acceptors (Lipinski definition) is 4. The van der Waals surface area contributed by atoms with Gasteiger partial charge in [-0.2, -0.15) is 0 Å². The number of aliphatic hydroxyl groups excluding tert-OH is 1. The molecule has 0 aliphatic heterocycles. The Balaban J connectivity index is 2.17. The highest BCUT2D eigenvalue weighted by atomic mass is 16.3. The Morgan fingerprint density at radius 1 is 1.10 bits per heavy atom. The van der Waals surface area contributed by atoms with Crippen LogP contribution in [0.3, 0.4) is 0 Å². The maximum absolute atomic E-state index is 12.2. The number of hydrogen-bond donors (Lipinski definition) is 4. The number of aliphatic hydroxyl groups is 1. The summed E-state index contributed by atoms with van der Waals surface area (Å²) in [7, 11) is 0. The van der Waals surface area contributed by atoms with Crippen LogP contribution in [0.1, 0.15) is 22.0 Å². The summed E-state index contributed by atoms with van der Waals surface area (Å²) in [6.45, 7) is -0.187. The molecule has 0 aromatic heterocycles. The number of rotatable bonds is 4. The molecule has 0 saturated heterocycles. The zero-order valence-electron chi connectivity index (χ0n) is 10.9. The molecule has 0 spiro atoms. The molecule has 1 atom stereocenters. The highest BCUT2D eigenvalue weighted by molar-refractivity contribution is 5.96. The van der Waals surface area contributed by atoms with E-state index in [1.165, 1.54) is 0 Å². The van der Waals surface area contributed by atoms with Crippen molar-refractivity contribution in [2.24, 2.45) is 0 Å². The summed E-state index contributed by atoms with van der Waals surface area (Å²) in [6, 6.07) is 13.5. The van der Waals surface area contributed by atoms with E-state index in [2.05, 4.69) is 5.32 Å². The number of nitrogens with two attached hydrogens (primary N) is 2. The number of carbonyl (C=O) groups is 1. The SMILES string of the molecule is Nc1cc(N)cc(C(=O)NC(CO)c2ccccc2)c1. The first-order valence-corrected chi connectivity index (χ1v) is 6.23. The number of carbonyl (C=O) groups excluding carboxylic acids is 1. The monoisotopic (exact) mass is 271 g/mol. The first-order valence-electron chi connectivity index (χ1n) is 6.23. The topological polar surface area (TPSA) is 101 Å². The average molecular weight is 271 g/mol. The van der Waals surface area contributed by atoms with E-state index in [1.807, 2.05) is 30.3 Å². The van der Waals surface area contributed by atoms with Gasteiger partial charge >= 0.3 is 0 Å². The molecule has 0 aliphatic carbocycles. The number of amides is 1. The molecule has 1 unspecified atom stereocenters. The molecule has 5 nitrogen and oxygen atoms in total. The summed E-state index contributed by atoms with van der Waals surface area (Å²) in [5.74, 6) is -0.327. The van der Waals surface area contributed by atoms with E-state index in [9.17, 15) is 9.90 Å². The van der Waals surface area contributed by atoms with E-state index < -0.39 is 6.04 Å². The summed E-state index contributed by atoms with van der Waals surface area (Å²) in [6.07, 6.45) is 0. The van der Waals surface area contributed by atoms with Gasteiger partial charge in [0, 0.05) is 16.9 Å². The summed E-state index contributed by atoms with van der Waals surface area (Å²) >= 11 is 0. The lowest BCUT2D eigenvalue weighted by molar-refractivity contribution is 0.0916. The Kier molecular flexibility index (Phi) is 4.22. The van der Waals surface area contributed by atoms with Crippen LogP contribution in [0.4, 0.5) is 11.4 Å². The molecule has 0 fully saturated rings. The minimum Gasteiger partial charge on any atom is -0.399 e. The van der Waals surface area contributed by atoms with Gasteiger partial charge in [0.2, 0.25) is 0 Å². The Labute approximate surface area is 117 Å². The Morgan fingerprint density at radius 3 is 2.25 bits per heavy atom. The van der Waals surface area contributed by atoms with Crippen LogP contribution < -0.4 is 16.8 Å². The molecule has 0 heterocycles. The van der Waals surface area contributed by atoms with Gasteiger partial charge in [-0.25, -0.2) is 0 Å². The first kappa shape index (κ1) is 13.9. The quantitative estimate of drug-likeness (QED) is 0.630. The van der Waals surface area contributed by atoms with Crippen LogP contribution in [0.2, 0.25) is 0 Å². The number of anilines is 2. The van der Waals surface area contributed by atoms with E-state index in [1.54, 1.807) is 18.2 Å². The van der Waals surface area contributed by atoms with Crippen molar-refractivity contribution in [1.29, 1.82) is 0 Å². The number of benzene rings is 2. The number of nitrogen functional groups attached to an aromatic ring is 2. The summed E-state index contributed by atoms with van der Waals surface area (Å²) in [4.78, 5) is 12.2. The summed E-state index contributed by atoms with van der Waals surface area (Å²) < 4.78 is 0. The van der Waals surface area contributed by atoms with Crippen LogP contribution in [-0.4, -0.2) is 17.6 Å². The van der Waals surface area contributed by atoms with Crippen molar-refractivity contribution in [3.05, 3.63) is 59.7 Å². The van der Waals surface area contributed by atoms with Crippen molar-refractivity contribution in [3.63, 3.8) is 0 Å². The standard InChI is InChI=1S/C15H17N3O2/c16-12-6-11(7-13(17)8-12)15(20)18-14(9-19)10-4-2-1-3-5-10/h1-8,14,19H,9,16-17H2,(H,18,20). The average Bonchev–Trinajstić information content (AvgIpc) is 2.44. The van der Waals surface area contributed by atoms with Crippen molar-refractivity contribution in [2.75, 3.05) is 18.1 Å². The van der Waals surface area contributed by atoms with Crippen LogP contribution in [0, 0.1) is 0 Å². The van der Waals surface area contributed by atoms with Gasteiger partial charge in [-0.3, -0.25) is 4.79 Å². The molecule has 2 aromatic rings. The van der Waals surface area contributed by atoms with Crippen LogP contribution in [-0.2, 0) is 0 Å². The Morgan fingerprint density at radius 2 is 1.70 bits per heavy atom. The van der Waals surface area contributed by atoms with E-state index >= 15 is 0 Å². The fourth-order valence-electron chi connectivity index (χ4n) is 1.97. The molecule has 0 aliphatic rings. The summed E-state index contributed by atoms with van der Waals surface area (Å²) in [5.41, 5.74) is 13.4. The lowest BCUT2D eigenvalue weighted by Crippen LogP contribution is -2.30.